The van der Waals surface area contributed by atoms with Crippen LogP contribution in [0.25, 0.3) is 11.0 Å². The van der Waals surface area contributed by atoms with Crippen molar-refractivity contribution < 1.29 is 8.78 Å². The molecule has 2 heterocycles. The summed E-state index contributed by atoms with van der Waals surface area (Å²) in [7, 11) is 0. The molecule has 0 aliphatic rings. The van der Waals surface area contributed by atoms with Crippen LogP contribution in [0.2, 0.25) is 0 Å². The number of fused-ring (bicyclic) bond motifs is 1. The normalized spacial score (nSPS) is 11.1. The second-order valence-corrected chi connectivity index (χ2v) is 4.80. The van der Waals surface area contributed by atoms with E-state index in [2.05, 4.69) is 9.97 Å². The largest absolute Gasteiger partial charge is 0.330 e. The fourth-order valence-electron chi connectivity index (χ4n) is 2.17. The number of aromatic amines is 1. The Bertz CT molecular complexity index is 808. The third kappa shape index (κ3) is 2.22. The molecule has 0 aliphatic heterocycles. The topological polar surface area (TPSA) is 33.6 Å². The minimum Gasteiger partial charge on any atom is -0.330 e. The lowest BCUT2D eigenvalue weighted by Crippen LogP contribution is -2.04. The van der Waals surface area contributed by atoms with E-state index in [1.165, 1.54) is 6.07 Å². The van der Waals surface area contributed by atoms with Crippen LogP contribution in [0.15, 0.2) is 36.5 Å². The fourth-order valence-corrected chi connectivity index (χ4v) is 2.47. The number of hydrogen-bond donors (Lipinski definition) is 1. The third-order valence-corrected chi connectivity index (χ3v) is 3.47. The van der Waals surface area contributed by atoms with Crippen LogP contribution in [0.5, 0.6) is 0 Å². The first-order valence-electron chi connectivity index (χ1n) is 6.13. The van der Waals surface area contributed by atoms with E-state index in [-0.39, 0.29) is 5.52 Å². The molecule has 6 heteroatoms. The molecule has 1 aromatic carbocycles. The Balaban J connectivity index is 2.01. The maximum Gasteiger partial charge on any atom is 0.184 e. The molecular formula is C14H11F2N3S. The van der Waals surface area contributed by atoms with Crippen molar-refractivity contribution in [2.75, 3.05) is 0 Å². The molecule has 0 spiro atoms. The van der Waals surface area contributed by atoms with E-state index in [9.17, 15) is 8.78 Å². The minimum atomic E-state index is -0.879. The predicted molar refractivity (Wildman–Crippen MR) is 75.0 cm³/mol. The summed E-state index contributed by atoms with van der Waals surface area (Å²) in [6.07, 6.45) is 2.29. The molecule has 0 amide bonds. The Morgan fingerprint density at radius 2 is 2.05 bits per heavy atom. The molecule has 0 unspecified atom stereocenters. The summed E-state index contributed by atoms with van der Waals surface area (Å²) in [5.74, 6) is -1.76. The van der Waals surface area contributed by atoms with Crippen LogP contribution in [0.4, 0.5) is 8.78 Å². The van der Waals surface area contributed by atoms with E-state index in [0.717, 1.165) is 11.8 Å². The van der Waals surface area contributed by atoms with Gasteiger partial charge in [0.15, 0.2) is 16.4 Å². The van der Waals surface area contributed by atoms with Gasteiger partial charge in [-0.3, -0.25) is 4.98 Å². The van der Waals surface area contributed by atoms with Crippen LogP contribution in [-0.4, -0.2) is 14.5 Å². The van der Waals surface area contributed by atoms with E-state index in [0.29, 0.717) is 23.3 Å². The van der Waals surface area contributed by atoms with Crippen LogP contribution in [0.3, 0.4) is 0 Å². The van der Waals surface area contributed by atoms with Crippen molar-refractivity contribution >= 4 is 23.3 Å². The average Bonchev–Trinajstić information content (AvgIpc) is 2.78. The Morgan fingerprint density at radius 1 is 1.20 bits per heavy atom. The van der Waals surface area contributed by atoms with Crippen molar-refractivity contribution in [3.63, 3.8) is 0 Å². The molecule has 0 atom stereocenters. The molecule has 0 saturated carbocycles. The van der Waals surface area contributed by atoms with Crippen LogP contribution >= 0.6 is 12.2 Å². The summed E-state index contributed by atoms with van der Waals surface area (Å²) in [5, 5.41) is 0. The summed E-state index contributed by atoms with van der Waals surface area (Å²) in [6, 6.07) is 8.18. The lowest BCUT2D eigenvalue weighted by atomic mass is 10.2. The third-order valence-electron chi connectivity index (χ3n) is 3.14. The summed E-state index contributed by atoms with van der Waals surface area (Å²) in [4.78, 5) is 7.08. The lowest BCUT2D eigenvalue weighted by molar-refractivity contribution is 0.510. The van der Waals surface area contributed by atoms with Gasteiger partial charge in [-0.15, -0.1) is 0 Å². The van der Waals surface area contributed by atoms with Crippen LogP contribution in [0, 0.1) is 16.4 Å². The lowest BCUT2D eigenvalue weighted by Gasteiger charge is -2.05. The highest BCUT2D eigenvalue weighted by Crippen LogP contribution is 2.20. The average molecular weight is 291 g/mol. The van der Waals surface area contributed by atoms with E-state index in [1.807, 2.05) is 18.2 Å². The first-order valence-corrected chi connectivity index (χ1v) is 6.54. The molecule has 3 rings (SSSR count). The number of halogens is 2. The van der Waals surface area contributed by atoms with Gasteiger partial charge in [0.1, 0.15) is 5.52 Å². The van der Waals surface area contributed by atoms with Crippen molar-refractivity contribution in [3.05, 3.63) is 58.6 Å². The van der Waals surface area contributed by atoms with Gasteiger partial charge in [0, 0.05) is 24.9 Å². The van der Waals surface area contributed by atoms with E-state index >= 15 is 0 Å². The summed E-state index contributed by atoms with van der Waals surface area (Å²) < 4.78 is 29.2. The van der Waals surface area contributed by atoms with Gasteiger partial charge in [0.05, 0.1) is 5.52 Å². The highest BCUT2D eigenvalue weighted by atomic mass is 32.1. The number of aromatic nitrogens is 3. The Labute approximate surface area is 118 Å². The van der Waals surface area contributed by atoms with Gasteiger partial charge in [-0.2, -0.15) is 0 Å². The van der Waals surface area contributed by atoms with Crippen LogP contribution in [0.1, 0.15) is 5.69 Å². The van der Waals surface area contributed by atoms with E-state index < -0.39 is 11.6 Å². The number of pyridine rings is 1. The van der Waals surface area contributed by atoms with Crippen LogP contribution in [-0.2, 0) is 13.0 Å². The molecule has 2 aromatic heterocycles. The summed E-state index contributed by atoms with van der Waals surface area (Å²) in [5.41, 5.74) is 1.54. The first-order chi connectivity index (χ1) is 9.66. The van der Waals surface area contributed by atoms with Crippen molar-refractivity contribution in [3.8, 4) is 0 Å². The van der Waals surface area contributed by atoms with Crippen LogP contribution < -0.4 is 0 Å². The van der Waals surface area contributed by atoms with Gasteiger partial charge in [0.25, 0.3) is 0 Å². The number of rotatable bonds is 3. The van der Waals surface area contributed by atoms with E-state index in [4.69, 9.17) is 12.2 Å². The van der Waals surface area contributed by atoms with Gasteiger partial charge < -0.3 is 9.55 Å². The van der Waals surface area contributed by atoms with Gasteiger partial charge in [-0.1, -0.05) is 6.07 Å². The second kappa shape index (κ2) is 5.13. The monoisotopic (exact) mass is 291 g/mol. The Morgan fingerprint density at radius 3 is 2.80 bits per heavy atom. The quantitative estimate of drug-likeness (QED) is 0.748. The number of nitrogens with zero attached hydrogens (tertiary/aromatic N) is 2. The van der Waals surface area contributed by atoms with Crippen molar-refractivity contribution in [1.29, 1.82) is 0 Å². The van der Waals surface area contributed by atoms with Crippen molar-refractivity contribution in [1.82, 2.24) is 14.5 Å². The number of nitrogens with one attached hydrogen (secondary N) is 1. The maximum atomic E-state index is 13.9. The minimum absolute atomic E-state index is 0.172. The molecule has 20 heavy (non-hydrogen) atoms. The molecule has 1 N–H and O–H groups in total. The Kier molecular flexibility index (Phi) is 3.31. The predicted octanol–water partition coefficient (Wildman–Crippen LogP) is 3.61. The number of H-pyrrole nitrogens is 1. The highest BCUT2D eigenvalue weighted by molar-refractivity contribution is 7.71. The zero-order valence-corrected chi connectivity index (χ0v) is 11.3. The molecule has 0 bridgehead atoms. The number of hydrogen-bond acceptors (Lipinski definition) is 2. The number of aryl methyl sites for hydroxylation is 2. The molecule has 3 nitrogen and oxygen atoms in total. The highest BCUT2D eigenvalue weighted by Gasteiger charge is 2.13. The van der Waals surface area contributed by atoms with Crippen molar-refractivity contribution in [2.24, 2.45) is 0 Å². The first kappa shape index (κ1) is 12.9. The summed E-state index contributed by atoms with van der Waals surface area (Å²) in [6.45, 7) is 0.441. The molecule has 0 fully saturated rings. The van der Waals surface area contributed by atoms with Gasteiger partial charge in [-0.05, 0) is 36.5 Å². The number of benzene rings is 1. The smallest absolute Gasteiger partial charge is 0.184 e. The molecule has 0 aliphatic carbocycles. The second-order valence-electron chi connectivity index (χ2n) is 4.41. The van der Waals surface area contributed by atoms with Gasteiger partial charge in [0.2, 0.25) is 0 Å². The zero-order valence-electron chi connectivity index (χ0n) is 10.4. The van der Waals surface area contributed by atoms with Gasteiger partial charge in [-0.25, -0.2) is 8.78 Å². The molecule has 0 radical (unpaired) electrons. The number of imidazole rings is 1. The SMILES string of the molecule is Fc1ccc2[nH]c(=S)n(CCc3ccccn3)c2c1F. The zero-order chi connectivity index (χ0) is 14.1. The van der Waals surface area contributed by atoms with Crippen molar-refractivity contribution in [2.45, 2.75) is 13.0 Å². The van der Waals surface area contributed by atoms with Gasteiger partial charge >= 0.3 is 0 Å². The fraction of sp³-hybridized carbons (Fsp3) is 0.143. The Hall–Kier alpha value is -2.08. The van der Waals surface area contributed by atoms with E-state index in [1.54, 1.807) is 10.8 Å². The standard InChI is InChI=1S/C14H11F2N3S/c15-10-4-5-11-13(12(10)16)19(14(20)18-11)8-6-9-3-1-2-7-17-9/h1-5,7H,6,8H2,(H,18,20). The molecule has 0 saturated heterocycles. The molecule has 3 aromatic rings. The molecular weight excluding hydrogens is 280 g/mol. The summed E-state index contributed by atoms with van der Waals surface area (Å²) >= 11 is 5.17. The molecule has 102 valence electrons. The maximum absolute atomic E-state index is 13.9.